The number of amides is 1. The average molecular weight is 375 g/mol. The number of sulfonamides is 1. The van der Waals surface area contributed by atoms with E-state index in [0.717, 1.165) is 0 Å². The van der Waals surface area contributed by atoms with Crippen LogP contribution < -0.4 is 10.0 Å². The molecular formula is C17H17N3O5S. The lowest BCUT2D eigenvalue weighted by atomic mass is 10.1. The SMILES string of the molecule is CNS(=O)(=O)c1ccc(/C=C/C(=O)Nc2cccc([N+](=O)[O-])c2C)cc1. The van der Waals surface area contributed by atoms with Crippen LogP contribution in [0.2, 0.25) is 0 Å². The number of benzene rings is 2. The van der Waals surface area contributed by atoms with E-state index in [-0.39, 0.29) is 10.6 Å². The normalized spacial score (nSPS) is 11.5. The molecule has 0 atom stereocenters. The Hall–Kier alpha value is -3.04. The summed E-state index contributed by atoms with van der Waals surface area (Å²) >= 11 is 0. The van der Waals surface area contributed by atoms with Crippen molar-refractivity contribution in [3.05, 3.63) is 69.8 Å². The Morgan fingerprint density at radius 3 is 2.38 bits per heavy atom. The second kappa shape index (κ2) is 7.89. The topological polar surface area (TPSA) is 118 Å². The first-order valence-electron chi connectivity index (χ1n) is 7.51. The van der Waals surface area contributed by atoms with Crippen molar-refractivity contribution in [1.29, 1.82) is 0 Å². The van der Waals surface area contributed by atoms with Crippen molar-refractivity contribution in [2.24, 2.45) is 0 Å². The van der Waals surface area contributed by atoms with Crippen LogP contribution in [0, 0.1) is 17.0 Å². The van der Waals surface area contributed by atoms with Crippen molar-refractivity contribution in [3.8, 4) is 0 Å². The van der Waals surface area contributed by atoms with Gasteiger partial charge in [-0.15, -0.1) is 0 Å². The van der Waals surface area contributed by atoms with Gasteiger partial charge in [0.05, 0.1) is 21.1 Å². The summed E-state index contributed by atoms with van der Waals surface area (Å²) in [6.45, 7) is 1.55. The van der Waals surface area contributed by atoms with E-state index in [1.165, 1.54) is 43.5 Å². The lowest BCUT2D eigenvalue weighted by molar-refractivity contribution is -0.385. The van der Waals surface area contributed by atoms with E-state index < -0.39 is 20.9 Å². The number of carbonyl (C=O) groups excluding carboxylic acids is 1. The highest BCUT2D eigenvalue weighted by molar-refractivity contribution is 7.89. The number of carbonyl (C=O) groups is 1. The van der Waals surface area contributed by atoms with Crippen LogP contribution >= 0.6 is 0 Å². The molecule has 2 N–H and O–H groups in total. The molecule has 0 bridgehead atoms. The largest absolute Gasteiger partial charge is 0.322 e. The summed E-state index contributed by atoms with van der Waals surface area (Å²) in [6, 6.07) is 10.4. The van der Waals surface area contributed by atoms with Gasteiger partial charge in [-0.25, -0.2) is 13.1 Å². The van der Waals surface area contributed by atoms with Crippen LogP contribution in [0.4, 0.5) is 11.4 Å². The quantitative estimate of drug-likeness (QED) is 0.457. The molecule has 0 aromatic heterocycles. The number of hydrogen-bond acceptors (Lipinski definition) is 5. The zero-order chi connectivity index (χ0) is 19.3. The molecule has 0 aliphatic heterocycles. The first-order valence-corrected chi connectivity index (χ1v) is 8.99. The van der Waals surface area contributed by atoms with Crippen molar-refractivity contribution in [2.75, 3.05) is 12.4 Å². The molecule has 0 radical (unpaired) electrons. The number of nitro groups is 1. The molecule has 0 spiro atoms. The Labute approximate surface area is 150 Å². The fourth-order valence-corrected chi connectivity index (χ4v) is 2.91. The zero-order valence-corrected chi connectivity index (χ0v) is 14.9. The fourth-order valence-electron chi connectivity index (χ4n) is 2.18. The van der Waals surface area contributed by atoms with Gasteiger partial charge in [-0.3, -0.25) is 14.9 Å². The van der Waals surface area contributed by atoms with Gasteiger partial charge >= 0.3 is 0 Å². The van der Waals surface area contributed by atoms with Crippen molar-refractivity contribution in [1.82, 2.24) is 4.72 Å². The van der Waals surface area contributed by atoms with Crippen LogP contribution in [-0.4, -0.2) is 26.3 Å². The van der Waals surface area contributed by atoms with Crippen molar-refractivity contribution in [2.45, 2.75) is 11.8 Å². The van der Waals surface area contributed by atoms with Crippen LogP contribution in [-0.2, 0) is 14.8 Å². The molecule has 9 heteroatoms. The van der Waals surface area contributed by atoms with Gasteiger partial charge in [0, 0.05) is 12.1 Å². The molecule has 0 heterocycles. The van der Waals surface area contributed by atoms with Crippen molar-refractivity contribution >= 4 is 33.4 Å². The van der Waals surface area contributed by atoms with E-state index in [4.69, 9.17) is 0 Å². The number of hydrogen-bond donors (Lipinski definition) is 2. The number of anilines is 1. The Bertz CT molecular complexity index is 966. The highest BCUT2D eigenvalue weighted by Crippen LogP contribution is 2.25. The first-order chi connectivity index (χ1) is 12.2. The van der Waals surface area contributed by atoms with Gasteiger partial charge in [-0.1, -0.05) is 18.2 Å². The smallest absolute Gasteiger partial charge is 0.274 e. The lowest BCUT2D eigenvalue weighted by Gasteiger charge is -2.06. The van der Waals surface area contributed by atoms with Gasteiger partial charge < -0.3 is 5.32 Å². The molecule has 2 aromatic rings. The fraction of sp³-hybridized carbons (Fsp3) is 0.118. The standard InChI is InChI=1S/C17H17N3O5S/c1-12-15(4-3-5-16(12)20(22)23)19-17(21)11-8-13-6-9-14(10-7-13)26(24,25)18-2/h3-11,18H,1-2H3,(H,19,21)/b11-8+. The molecule has 2 aromatic carbocycles. The van der Waals surface area contributed by atoms with Crippen LogP contribution in [0.15, 0.2) is 53.4 Å². The van der Waals surface area contributed by atoms with Gasteiger partial charge in [0.1, 0.15) is 0 Å². The Morgan fingerprint density at radius 1 is 1.15 bits per heavy atom. The van der Waals surface area contributed by atoms with Gasteiger partial charge in [-0.2, -0.15) is 0 Å². The molecule has 1 amide bonds. The Kier molecular flexibility index (Phi) is 5.86. The summed E-state index contributed by atoms with van der Waals surface area (Å²) in [4.78, 5) is 22.5. The van der Waals surface area contributed by atoms with Crippen molar-refractivity contribution < 1.29 is 18.1 Å². The summed E-state index contributed by atoms with van der Waals surface area (Å²) in [7, 11) is -2.19. The average Bonchev–Trinajstić information content (AvgIpc) is 2.62. The molecule has 0 unspecified atom stereocenters. The third-order valence-electron chi connectivity index (χ3n) is 3.65. The molecule has 0 saturated heterocycles. The maximum absolute atomic E-state index is 12.0. The number of rotatable bonds is 6. The Morgan fingerprint density at radius 2 is 1.81 bits per heavy atom. The number of nitrogens with zero attached hydrogens (tertiary/aromatic N) is 1. The Balaban J connectivity index is 2.11. The minimum Gasteiger partial charge on any atom is -0.322 e. The second-order valence-corrected chi connectivity index (χ2v) is 7.19. The number of nitro benzene ring substituents is 1. The lowest BCUT2D eigenvalue weighted by Crippen LogP contribution is -2.18. The molecule has 0 fully saturated rings. The van der Waals surface area contributed by atoms with Crippen LogP contribution in [0.25, 0.3) is 6.08 Å². The molecule has 26 heavy (non-hydrogen) atoms. The maximum Gasteiger partial charge on any atom is 0.274 e. The molecule has 0 aliphatic carbocycles. The summed E-state index contributed by atoms with van der Waals surface area (Å²) in [5.74, 6) is -0.458. The zero-order valence-electron chi connectivity index (χ0n) is 14.1. The molecule has 0 saturated carbocycles. The molecule has 8 nitrogen and oxygen atoms in total. The maximum atomic E-state index is 12.0. The predicted octanol–water partition coefficient (Wildman–Crippen LogP) is 2.46. The van der Waals surface area contributed by atoms with E-state index in [1.54, 1.807) is 25.1 Å². The first kappa shape index (κ1) is 19.3. The third-order valence-corrected chi connectivity index (χ3v) is 5.08. The van der Waals surface area contributed by atoms with Gasteiger partial charge in [0.25, 0.3) is 5.69 Å². The van der Waals surface area contributed by atoms with Crippen LogP contribution in [0.5, 0.6) is 0 Å². The van der Waals surface area contributed by atoms with E-state index >= 15 is 0 Å². The summed E-state index contributed by atoms with van der Waals surface area (Å²) in [6.07, 6.45) is 2.78. The van der Waals surface area contributed by atoms with E-state index in [0.29, 0.717) is 16.8 Å². The van der Waals surface area contributed by atoms with Crippen LogP contribution in [0.1, 0.15) is 11.1 Å². The second-order valence-electron chi connectivity index (χ2n) is 5.31. The highest BCUT2D eigenvalue weighted by atomic mass is 32.2. The molecule has 0 aliphatic rings. The predicted molar refractivity (Wildman–Crippen MR) is 98.2 cm³/mol. The van der Waals surface area contributed by atoms with Crippen LogP contribution in [0.3, 0.4) is 0 Å². The molecular weight excluding hydrogens is 358 g/mol. The van der Waals surface area contributed by atoms with E-state index in [9.17, 15) is 23.3 Å². The van der Waals surface area contributed by atoms with Gasteiger partial charge in [0.15, 0.2) is 0 Å². The van der Waals surface area contributed by atoms with Crippen molar-refractivity contribution in [3.63, 3.8) is 0 Å². The monoisotopic (exact) mass is 375 g/mol. The summed E-state index contributed by atoms with van der Waals surface area (Å²) in [5, 5.41) is 13.5. The summed E-state index contributed by atoms with van der Waals surface area (Å²) in [5.41, 5.74) is 1.27. The van der Waals surface area contributed by atoms with E-state index in [2.05, 4.69) is 10.0 Å². The third kappa shape index (κ3) is 4.52. The van der Waals surface area contributed by atoms with Gasteiger partial charge in [0.2, 0.25) is 15.9 Å². The van der Waals surface area contributed by atoms with Gasteiger partial charge in [-0.05, 0) is 43.8 Å². The molecule has 2 rings (SSSR count). The molecule has 136 valence electrons. The number of nitrogens with one attached hydrogen (secondary N) is 2. The highest BCUT2D eigenvalue weighted by Gasteiger charge is 2.14. The summed E-state index contributed by atoms with van der Waals surface area (Å²) < 4.78 is 25.5. The minimum atomic E-state index is -3.51. The minimum absolute atomic E-state index is 0.0758. The van der Waals surface area contributed by atoms with E-state index in [1.807, 2.05) is 0 Å².